The SMILES string of the molecule is O=C(O)C1CC(=O)N(Cc2noc(-c3ccco3)n2)C1. The van der Waals surface area contributed by atoms with Crippen molar-refractivity contribution in [1.29, 1.82) is 0 Å². The minimum absolute atomic E-state index is 0.0121. The Balaban J connectivity index is 1.70. The van der Waals surface area contributed by atoms with Crippen LogP contribution in [0.4, 0.5) is 0 Å². The molecule has 0 saturated carbocycles. The molecule has 2 aromatic rings. The third-order valence-corrected chi connectivity index (χ3v) is 3.10. The molecule has 0 aromatic carbocycles. The zero-order valence-electron chi connectivity index (χ0n) is 10.4. The first-order valence-electron chi connectivity index (χ1n) is 6.00. The molecule has 1 atom stereocenters. The van der Waals surface area contributed by atoms with Gasteiger partial charge in [-0.3, -0.25) is 9.59 Å². The normalized spacial score (nSPS) is 18.7. The molecule has 1 amide bonds. The predicted octanol–water partition coefficient (Wildman–Crippen LogP) is 0.763. The molecule has 1 aliphatic heterocycles. The third-order valence-electron chi connectivity index (χ3n) is 3.10. The zero-order valence-corrected chi connectivity index (χ0v) is 10.4. The zero-order chi connectivity index (χ0) is 14.1. The summed E-state index contributed by atoms with van der Waals surface area (Å²) in [6, 6.07) is 3.37. The summed E-state index contributed by atoms with van der Waals surface area (Å²) in [5.41, 5.74) is 0. The van der Waals surface area contributed by atoms with Crippen molar-refractivity contribution >= 4 is 11.9 Å². The largest absolute Gasteiger partial charge is 0.481 e. The molecule has 2 aromatic heterocycles. The molecule has 3 heterocycles. The van der Waals surface area contributed by atoms with E-state index in [4.69, 9.17) is 14.0 Å². The highest BCUT2D eigenvalue weighted by molar-refractivity contribution is 5.85. The van der Waals surface area contributed by atoms with E-state index >= 15 is 0 Å². The maximum Gasteiger partial charge on any atom is 0.308 e. The summed E-state index contributed by atoms with van der Waals surface area (Å²) in [6.07, 6.45) is 1.50. The van der Waals surface area contributed by atoms with Crippen molar-refractivity contribution in [3.8, 4) is 11.7 Å². The molecule has 0 spiro atoms. The van der Waals surface area contributed by atoms with Crippen LogP contribution >= 0.6 is 0 Å². The van der Waals surface area contributed by atoms with Gasteiger partial charge in [0.2, 0.25) is 5.91 Å². The minimum atomic E-state index is -0.967. The van der Waals surface area contributed by atoms with E-state index < -0.39 is 11.9 Å². The number of hydrogen-bond acceptors (Lipinski definition) is 6. The number of aromatic nitrogens is 2. The number of aliphatic carboxylic acids is 1. The van der Waals surface area contributed by atoms with Crippen LogP contribution in [0, 0.1) is 5.92 Å². The van der Waals surface area contributed by atoms with Crippen molar-refractivity contribution in [3.05, 3.63) is 24.2 Å². The predicted molar refractivity (Wildman–Crippen MR) is 63.2 cm³/mol. The van der Waals surface area contributed by atoms with Crippen LogP contribution in [0.3, 0.4) is 0 Å². The molecular formula is C12H11N3O5. The fraction of sp³-hybridized carbons (Fsp3) is 0.333. The topological polar surface area (TPSA) is 110 Å². The lowest BCUT2D eigenvalue weighted by molar-refractivity contribution is -0.141. The molecule has 1 saturated heterocycles. The quantitative estimate of drug-likeness (QED) is 0.878. The van der Waals surface area contributed by atoms with Gasteiger partial charge in [-0.25, -0.2) is 0 Å². The Morgan fingerprint density at radius 2 is 2.40 bits per heavy atom. The lowest BCUT2D eigenvalue weighted by atomic mass is 10.1. The number of furan rings is 1. The van der Waals surface area contributed by atoms with Gasteiger partial charge in [-0.1, -0.05) is 5.16 Å². The Morgan fingerprint density at radius 1 is 1.55 bits per heavy atom. The summed E-state index contributed by atoms with van der Waals surface area (Å²) in [6.45, 7) is 0.297. The lowest BCUT2D eigenvalue weighted by Gasteiger charge is -2.12. The molecule has 104 valence electrons. The van der Waals surface area contributed by atoms with Crippen LogP contribution in [0.25, 0.3) is 11.7 Å². The van der Waals surface area contributed by atoms with Gasteiger partial charge in [-0.15, -0.1) is 0 Å². The monoisotopic (exact) mass is 277 g/mol. The second-order valence-corrected chi connectivity index (χ2v) is 4.51. The van der Waals surface area contributed by atoms with Crippen LogP contribution in [-0.2, 0) is 16.1 Å². The van der Waals surface area contributed by atoms with Gasteiger partial charge in [0.15, 0.2) is 11.6 Å². The van der Waals surface area contributed by atoms with E-state index in [0.717, 1.165) is 0 Å². The average molecular weight is 277 g/mol. The van der Waals surface area contributed by atoms with Crippen molar-refractivity contribution in [1.82, 2.24) is 15.0 Å². The van der Waals surface area contributed by atoms with Crippen LogP contribution in [0.2, 0.25) is 0 Å². The van der Waals surface area contributed by atoms with Gasteiger partial charge < -0.3 is 18.9 Å². The molecule has 1 aliphatic rings. The van der Waals surface area contributed by atoms with Gasteiger partial charge in [-0.05, 0) is 12.1 Å². The van der Waals surface area contributed by atoms with Gasteiger partial charge in [0.1, 0.15) is 0 Å². The molecule has 8 heteroatoms. The van der Waals surface area contributed by atoms with E-state index in [1.807, 2.05) is 0 Å². The minimum Gasteiger partial charge on any atom is -0.481 e. The Bertz CT molecular complexity index is 633. The number of carbonyl (C=O) groups excluding carboxylic acids is 1. The van der Waals surface area contributed by atoms with Gasteiger partial charge >= 0.3 is 5.97 Å². The summed E-state index contributed by atoms with van der Waals surface area (Å²) >= 11 is 0. The smallest absolute Gasteiger partial charge is 0.308 e. The molecule has 0 radical (unpaired) electrons. The Morgan fingerprint density at radius 3 is 3.05 bits per heavy atom. The van der Waals surface area contributed by atoms with E-state index in [-0.39, 0.29) is 31.3 Å². The van der Waals surface area contributed by atoms with Gasteiger partial charge in [0, 0.05) is 13.0 Å². The highest BCUT2D eigenvalue weighted by atomic mass is 16.5. The highest BCUT2D eigenvalue weighted by Gasteiger charge is 2.34. The summed E-state index contributed by atoms with van der Waals surface area (Å²) < 4.78 is 10.1. The van der Waals surface area contributed by atoms with Crippen molar-refractivity contribution < 1.29 is 23.6 Å². The molecule has 1 N–H and O–H groups in total. The standard InChI is InChI=1S/C12H11N3O5/c16-10-4-7(12(17)18)5-15(10)6-9-13-11(20-14-9)8-2-1-3-19-8/h1-3,7H,4-6H2,(H,17,18). The van der Waals surface area contributed by atoms with Crippen LogP contribution in [0.1, 0.15) is 12.2 Å². The molecule has 1 unspecified atom stereocenters. The molecule has 3 rings (SSSR count). The van der Waals surface area contributed by atoms with Crippen molar-refractivity contribution in [3.63, 3.8) is 0 Å². The molecule has 0 aliphatic carbocycles. The maximum atomic E-state index is 11.7. The van der Waals surface area contributed by atoms with Crippen LogP contribution in [0.5, 0.6) is 0 Å². The van der Waals surface area contributed by atoms with Gasteiger partial charge in [-0.2, -0.15) is 4.98 Å². The van der Waals surface area contributed by atoms with E-state index in [2.05, 4.69) is 10.1 Å². The number of nitrogens with zero attached hydrogens (tertiary/aromatic N) is 3. The van der Waals surface area contributed by atoms with E-state index in [0.29, 0.717) is 11.6 Å². The number of likely N-dealkylation sites (tertiary alicyclic amines) is 1. The van der Waals surface area contributed by atoms with Crippen LogP contribution < -0.4 is 0 Å². The number of rotatable bonds is 4. The number of carboxylic acids is 1. The van der Waals surface area contributed by atoms with Gasteiger partial charge in [0.05, 0.1) is 18.7 Å². The first kappa shape index (κ1) is 12.4. The lowest BCUT2D eigenvalue weighted by Crippen LogP contribution is -2.26. The molecule has 1 fully saturated rings. The fourth-order valence-corrected chi connectivity index (χ4v) is 2.08. The van der Waals surface area contributed by atoms with Crippen molar-refractivity contribution in [2.24, 2.45) is 5.92 Å². The van der Waals surface area contributed by atoms with Crippen molar-refractivity contribution in [2.45, 2.75) is 13.0 Å². The number of amides is 1. The molecule has 8 nitrogen and oxygen atoms in total. The average Bonchev–Trinajstić information content (AvgIpc) is 3.11. The van der Waals surface area contributed by atoms with Gasteiger partial charge in [0.25, 0.3) is 5.89 Å². The first-order valence-corrected chi connectivity index (χ1v) is 6.00. The number of carbonyl (C=O) groups is 2. The Hall–Kier alpha value is -2.64. The second-order valence-electron chi connectivity index (χ2n) is 4.51. The second kappa shape index (κ2) is 4.80. The van der Waals surface area contributed by atoms with Crippen LogP contribution in [-0.4, -0.2) is 38.6 Å². The van der Waals surface area contributed by atoms with E-state index in [9.17, 15) is 9.59 Å². The number of hydrogen-bond donors (Lipinski definition) is 1. The first-order chi connectivity index (χ1) is 9.63. The Labute approximate surface area is 113 Å². The van der Waals surface area contributed by atoms with E-state index in [1.165, 1.54) is 11.2 Å². The molecular weight excluding hydrogens is 266 g/mol. The van der Waals surface area contributed by atoms with Crippen molar-refractivity contribution in [2.75, 3.05) is 6.54 Å². The summed E-state index contributed by atoms with van der Waals surface area (Å²) in [5.74, 6) is -0.868. The fourth-order valence-electron chi connectivity index (χ4n) is 2.08. The molecule has 20 heavy (non-hydrogen) atoms. The summed E-state index contributed by atoms with van der Waals surface area (Å²) in [7, 11) is 0. The summed E-state index contributed by atoms with van der Waals surface area (Å²) in [5, 5.41) is 12.7. The summed E-state index contributed by atoms with van der Waals surface area (Å²) in [4.78, 5) is 28.1. The maximum absolute atomic E-state index is 11.7. The Kier molecular flexibility index (Phi) is 2.97. The molecule has 0 bridgehead atoms. The van der Waals surface area contributed by atoms with Crippen LogP contribution in [0.15, 0.2) is 27.3 Å². The highest BCUT2D eigenvalue weighted by Crippen LogP contribution is 2.21. The third kappa shape index (κ3) is 2.27. The van der Waals surface area contributed by atoms with E-state index in [1.54, 1.807) is 12.1 Å². The number of carboxylic acid groups (broad SMARTS) is 1.